The summed E-state index contributed by atoms with van der Waals surface area (Å²) in [6.07, 6.45) is 1.12. The van der Waals surface area contributed by atoms with Gasteiger partial charge < -0.3 is 15.4 Å². The molecule has 1 saturated heterocycles. The van der Waals surface area contributed by atoms with Crippen LogP contribution >= 0.6 is 11.6 Å². The molecule has 0 spiro atoms. The zero-order valence-electron chi connectivity index (χ0n) is 12.2. The molecule has 3 atom stereocenters. The normalized spacial score (nSPS) is 23.4. The van der Waals surface area contributed by atoms with Gasteiger partial charge in [-0.15, -0.1) is 0 Å². The van der Waals surface area contributed by atoms with E-state index in [-0.39, 0.29) is 17.0 Å². The molecule has 2 N–H and O–H groups in total. The molecule has 0 saturated carbocycles. The molecule has 0 aliphatic carbocycles. The standard InChI is InChI=1S/C15H20ClFN2O2/c1-9-7-12(5-6-18-9)19-15(20)10(2)21-14-4-3-11(17)8-13(14)16/h3-4,8-10,12,18H,5-7H2,1-2H3,(H,19,20). The predicted octanol–water partition coefficient (Wildman–Crippen LogP) is 2.50. The fourth-order valence-electron chi connectivity index (χ4n) is 2.40. The molecule has 1 aliphatic heterocycles. The largest absolute Gasteiger partial charge is 0.479 e. The molecule has 1 fully saturated rings. The third-order valence-corrected chi connectivity index (χ3v) is 3.83. The quantitative estimate of drug-likeness (QED) is 0.898. The lowest BCUT2D eigenvalue weighted by Gasteiger charge is -2.29. The SMILES string of the molecule is CC1CC(NC(=O)C(C)Oc2ccc(F)cc2Cl)CCN1. The van der Waals surface area contributed by atoms with Gasteiger partial charge in [-0.1, -0.05) is 11.6 Å². The van der Waals surface area contributed by atoms with E-state index in [0.717, 1.165) is 25.5 Å². The lowest BCUT2D eigenvalue weighted by molar-refractivity contribution is -0.128. The fraction of sp³-hybridized carbons (Fsp3) is 0.533. The van der Waals surface area contributed by atoms with Crippen LogP contribution in [-0.2, 0) is 4.79 Å². The van der Waals surface area contributed by atoms with Gasteiger partial charge in [-0.25, -0.2) is 4.39 Å². The maximum atomic E-state index is 13.0. The van der Waals surface area contributed by atoms with Gasteiger partial charge in [0.1, 0.15) is 11.6 Å². The highest BCUT2D eigenvalue weighted by Crippen LogP contribution is 2.25. The summed E-state index contributed by atoms with van der Waals surface area (Å²) < 4.78 is 18.5. The van der Waals surface area contributed by atoms with Gasteiger partial charge >= 0.3 is 0 Å². The second-order valence-corrected chi connectivity index (χ2v) is 5.83. The molecule has 0 aromatic heterocycles. The Morgan fingerprint density at radius 2 is 2.33 bits per heavy atom. The van der Waals surface area contributed by atoms with Crippen LogP contribution in [0.25, 0.3) is 0 Å². The van der Waals surface area contributed by atoms with Crippen molar-refractivity contribution in [1.29, 1.82) is 0 Å². The highest BCUT2D eigenvalue weighted by Gasteiger charge is 2.23. The van der Waals surface area contributed by atoms with E-state index in [2.05, 4.69) is 17.6 Å². The van der Waals surface area contributed by atoms with E-state index in [0.29, 0.717) is 11.8 Å². The monoisotopic (exact) mass is 314 g/mol. The number of amides is 1. The number of ether oxygens (including phenoxy) is 1. The Kier molecular flexibility index (Phi) is 5.42. The third kappa shape index (κ3) is 4.58. The van der Waals surface area contributed by atoms with Crippen LogP contribution in [0.2, 0.25) is 5.02 Å². The van der Waals surface area contributed by atoms with E-state index in [9.17, 15) is 9.18 Å². The van der Waals surface area contributed by atoms with Crippen molar-refractivity contribution in [3.63, 3.8) is 0 Å². The second kappa shape index (κ2) is 7.09. The Morgan fingerprint density at radius 3 is 3.00 bits per heavy atom. The summed E-state index contributed by atoms with van der Waals surface area (Å²) >= 11 is 5.88. The first-order valence-electron chi connectivity index (χ1n) is 7.11. The van der Waals surface area contributed by atoms with E-state index in [1.54, 1.807) is 6.92 Å². The average molecular weight is 315 g/mol. The summed E-state index contributed by atoms with van der Waals surface area (Å²) in [7, 11) is 0. The first-order chi connectivity index (χ1) is 9.95. The Bertz CT molecular complexity index is 512. The van der Waals surface area contributed by atoms with Crippen molar-refractivity contribution in [3.05, 3.63) is 29.0 Å². The molecule has 1 aromatic carbocycles. The van der Waals surface area contributed by atoms with Gasteiger partial charge in [0.25, 0.3) is 5.91 Å². The number of piperidine rings is 1. The number of carbonyl (C=O) groups excluding carboxylic acids is 1. The summed E-state index contributed by atoms with van der Waals surface area (Å²) in [6.45, 7) is 4.64. The van der Waals surface area contributed by atoms with Crippen molar-refractivity contribution in [2.45, 2.75) is 44.9 Å². The molecule has 116 valence electrons. The van der Waals surface area contributed by atoms with Crippen molar-refractivity contribution in [1.82, 2.24) is 10.6 Å². The predicted molar refractivity (Wildman–Crippen MR) is 80.1 cm³/mol. The summed E-state index contributed by atoms with van der Waals surface area (Å²) in [6, 6.07) is 4.39. The molecule has 4 nitrogen and oxygen atoms in total. The van der Waals surface area contributed by atoms with E-state index >= 15 is 0 Å². The molecule has 0 bridgehead atoms. The Morgan fingerprint density at radius 1 is 1.57 bits per heavy atom. The fourth-order valence-corrected chi connectivity index (χ4v) is 2.61. The lowest BCUT2D eigenvalue weighted by Crippen LogP contribution is -2.49. The summed E-state index contributed by atoms with van der Waals surface area (Å²) in [5.41, 5.74) is 0. The average Bonchev–Trinajstić information content (AvgIpc) is 2.41. The Hall–Kier alpha value is -1.33. The lowest BCUT2D eigenvalue weighted by atomic mass is 10.0. The van der Waals surface area contributed by atoms with Crippen molar-refractivity contribution >= 4 is 17.5 Å². The topological polar surface area (TPSA) is 50.4 Å². The minimum absolute atomic E-state index is 0.156. The summed E-state index contributed by atoms with van der Waals surface area (Å²) in [5, 5.41) is 6.47. The van der Waals surface area contributed by atoms with Crippen molar-refractivity contribution in [2.75, 3.05) is 6.54 Å². The van der Waals surface area contributed by atoms with Gasteiger partial charge in [0.2, 0.25) is 0 Å². The minimum Gasteiger partial charge on any atom is -0.479 e. The number of halogens is 2. The maximum Gasteiger partial charge on any atom is 0.260 e. The highest BCUT2D eigenvalue weighted by molar-refractivity contribution is 6.32. The first-order valence-corrected chi connectivity index (χ1v) is 7.49. The van der Waals surface area contributed by atoms with Crippen LogP contribution in [0.1, 0.15) is 26.7 Å². The van der Waals surface area contributed by atoms with Gasteiger partial charge in [-0.05, 0) is 51.4 Å². The van der Waals surface area contributed by atoms with Crippen LogP contribution in [0, 0.1) is 5.82 Å². The summed E-state index contributed by atoms with van der Waals surface area (Å²) in [5.74, 6) is -0.318. The van der Waals surface area contributed by atoms with Gasteiger partial charge in [0.05, 0.1) is 5.02 Å². The zero-order valence-corrected chi connectivity index (χ0v) is 12.9. The third-order valence-electron chi connectivity index (χ3n) is 3.54. The van der Waals surface area contributed by atoms with Crippen LogP contribution in [0.4, 0.5) is 4.39 Å². The number of benzene rings is 1. The van der Waals surface area contributed by atoms with E-state index in [1.165, 1.54) is 12.1 Å². The molecule has 1 amide bonds. The number of nitrogens with one attached hydrogen (secondary N) is 2. The number of rotatable bonds is 4. The van der Waals surface area contributed by atoms with Crippen LogP contribution in [0.3, 0.4) is 0 Å². The van der Waals surface area contributed by atoms with E-state index in [4.69, 9.17) is 16.3 Å². The molecule has 1 heterocycles. The van der Waals surface area contributed by atoms with E-state index in [1.807, 2.05) is 0 Å². The molecule has 6 heteroatoms. The molecule has 1 aliphatic rings. The molecular formula is C15H20ClFN2O2. The Balaban J connectivity index is 1.90. The van der Waals surface area contributed by atoms with Crippen LogP contribution in [0.5, 0.6) is 5.75 Å². The van der Waals surface area contributed by atoms with Crippen molar-refractivity contribution < 1.29 is 13.9 Å². The Labute approximate surface area is 129 Å². The van der Waals surface area contributed by atoms with Gasteiger partial charge in [-0.3, -0.25) is 4.79 Å². The van der Waals surface area contributed by atoms with Crippen LogP contribution in [-0.4, -0.2) is 30.6 Å². The van der Waals surface area contributed by atoms with Gasteiger partial charge in [0, 0.05) is 12.1 Å². The van der Waals surface area contributed by atoms with E-state index < -0.39 is 11.9 Å². The van der Waals surface area contributed by atoms with Gasteiger partial charge in [0.15, 0.2) is 6.10 Å². The zero-order chi connectivity index (χ0) is 15.4. The highest BCUT2D eigenvalue weighted by atomic mass is 35.5. The molecule has 2 rings (SSSR count). The van der Waals surface area contributed by atoms with Crippen molar-refractivity contribution in [3.8, 4) is 5.75 Å². The molecule has 0 radical (unpaired) electrons. The van der Waals surface area contributed by atoms with Crippen LogP contribution < -0.4 is 15.4 Å². The van der Waals surface area contributed by atoms with Crippen molar-refractivity contribution in [2.24, 2.45) is 0 Å². The smallest absolute Gasteiger partial charge is 0.260 e. The minimum atomic E-state index is -0.682. The van der Waals surface area contributed by atoms with Crippen LogP contribution in [0.15, 0.2) is 18.2 Å². The second-order valence-electron chi connectivity index (χ2n) is 5.42. The number of carbonyl (C=O) groups is 1. The number of hydrogen-bond donors (Lipinski definition) is 2. The molecule has 21 heavy (non-hydrogen) atoms. The van der Waals surface area contributed by atoms with Gasteiger partial charge in [-0.2, -0.15) is 0 Å². The first kappa shape index (κ1) is 16.0. The molecule has 1 aromatic rings. The number of hydrogen-bond acceptors (Lipinski definition) is 3. The summed E-state index contributed by atoms with van der Waals surface area (Å²) in [4.78, 5) is 12.1. The molecular weight excluding hydrogens is 295 g/mol. The maximum absolute atomic E-state index is 13.0. The molecule has 3 unspecified atom stereocenters.